The van der Waals surface area contributed by atoms with Crippen molar-refractivity contribution in [2.45, 2.75) is 38.6 Å². The number of piperazine rings is 1. The minimum absolute atomic E-state index is 0.0984. The molecule has 20 heavy (non-hydrogen) atoms. The van der Waals surface area contributed by atoms with E-state index in [1.54, 1.807) is 0 Å². The molecule has 0 saturated carbocycles. The molecule has 0 radical (unpaired) electrons. The fourth-order valence-electron chi connectivity index (χ4n) is 3.34. The minimum atomic E-state index is 0.0984. The zero-order valence-electron chi connectivity index (χ0n) is 12.7. The summed E-state index contributed by atoms with van der Waals surface area (Å²) in [6.07, 6.45) is 4.21. The van der Waals surface area contributed by atoms with Gasteiger partial charge in [-0.25, -0.2) is 0 Å². The van der Waals surface area contributed by atoms with Gasteiger partial charge in [0.1, 0.15) is 0 Å². The molecule has 2 fully saturated rings. The van der Waals surface area contributed by atoms with Crippen molar-refractivity contribution in [1.29, 1.82) is 0 Å². The Kier molecular flexibility index (Phi) is 6.26. The summed E-state index contributed by atoms with van der Waals surface area (Å²) >= 11 is 0. The molecule has 2 unspecified atom stereocenters. The number of carbonyl (C=O) groups excluding carboxylic acids is 1. The molecule has 0 aromatic carbocycles. The van der Waals surface area contributed by atoms with Crippen LogP contribution in [0.1, 0.15) is 32.6 Å². The quantitative estimate of drug-likeness (QED) is 0.806. The zero-order chi connectivity index (χ0) is 14.4. The molecule has 2 aliphatic heterocycles. The standard InChI is InChI=1S/C15H29N3O2/c1-2-14(5-6-16)17-7-9-18(10-8-17)15(19)13-4-3-11-20-12-13/h13-14H,2-12,16H2,1H3. The van der Waals surface area contributed by atoms with E-state index in [1.165, 1.54) is 0 Å². The van der Waals surface area contributed by atoms with E-state index in [0.29, 0.717) is 18.6 Å². The summed E-state index contributed by atoms with van der Waals surface area (Å²) in [6, 6.07) is 0.579. The van der Waals surface area contributed by atoms with Crippen LogP contribution in [0.25, 0.3) is 0 Å². The monoisotopic (exact) mass is 283 g/mol. The van der Waals surface area contributed by atoms with Crippen molar-refractivity contribution < 1.29 is 9.53 Å². The summed E-state index contributed by atoms with van der Waals surface area (Å²) < 4.78 is 5.43. The first kappa shape index (κ1) is 15.7. The molecular formula is C15H29N3O2. The molecule has 0 spiro atoms. The second-order valence-electron chi connectivity index (χ2n) is 5.91. The van der Waals surface area contributed by atoms with Crippen LogP contribution in [0, 0.1) is 5.92 Å². The normalized spacial score (nSPS) is 26.5. The lowest BCUT2D eigenvalue weighted by molar-refractivity contribution is -0.141. The number of nitrogens with two attached hydrogens (primary N) is 1. The van der Waals surface area contributed by atoms with Crippen LogP contribution in [0.2, 0.25) is 0 Å². The third kappa shape index (κ3) is 3.93. The topological polar surface area (TPSA) is 58.8 Å². The Bertz CT molecular complexity index is 297. The van der Waals surface area contributed by atoms with E-state index < -0.39 is 0 Å². The number of carbonyl (C=O) groups is 1. The van der Waals surface area contributed by atoms with E-state index in [0.717, 1.165) is 65.0 Å². The average molecular weight is 283 g/mol. The van der Waals surface area contributed by atoms with Gasteiger partial charge in [-0.1, -0.05) is 6.92 Å². The third-order valence-corrected chi connectivity index (χ3v) is 4.62. The predicted octanol–water partition coefficient (Wildman–Crippen LogP) is 0.685. The van der Waals surface area contributed by atoms with Crippen LogP contribution >= 0.6 is 0 Å². The Morgan fingerprint density at radius 1 is 1.35 bits per heavy atom. The van der Waals surface area contributed by atoms with Gasteiger partial charge >= 0.3 is 0 Å². The summed E-state index contributed by atoms with van der Waals surface area (Å²) in [5.74, 6) is 0.400. The first-order valence-electron chi connectivity index (χ1n) is 8.07. The maximum absolute atomic E-state index is 12.4. The van der Waals surface area contributed by atoms with Crippen LogP contribution in [-0.2, 0) is 9.53 Å². The predicted molar refractivity (Wildman–Crippen MR) is 79.4 cm³/mol. The molecule has 2 aliphatic rings. The molecule has 5 heteroatoms. The second kappa shape index (κ2) is 7.96. The van der Waals surface area contributed by atoms with Gasteiger partial charge in [-0.2, -0.15) is 0 Å². The van der Waals surface area contributed by atoms with Crippen molar-refractivity contribution in [3.8, 4) is 0 Å². The van der Waals surface area contributed by atoms with Gasteiger partial charge in [0.25, 0.3) is 0 Å². The largest absolute Gasteiger partial charge is 0.381 e. The van der Waals surface area contributed by atoms with Crippen molar-refractivity contribution >= 4 is 5.91 Å². The van der Waals surface area contributed by atoms with Crippen LogP contribution < -0.4 is 5.73 Å². The number of amides is 1. The lowest BCUT2D eigenvalue weighted by Gasteiger charge is -2.40. The minimum Gasteiger partial charge on any atom is -0.381 e. The van der Waals surface area contributed by atoms with Crippen LogP contribution in [-0.4, -0.2) is 67.7 Å². The molecule has 2 saturated heterocycles. The summed E-state index contributed by atoms with van der Waals surface area (Å²) in [5, 5.41) is 0. The molecule has 0 aromatic rings. The number of hydrogen-bond acceptors (Lipinski definition) is 4. The second-order valence-corrected chi connectivity index (χ2v) is 5.91. The number of hydrogen-bond donors (Lipinski definition) is 1. The molecule has 5 nitrogen and oxygen atoms in total. The molecule has 2 atom stereocenters. The molecule has 1 amide bonds. The maximum atomic E-state index is 12.4. The van der Waals surface area contributed by atoms with Gasteiger partial charge in [-0.15, -0.1) is 0 Å². The average Bonchev–Trinajstić information content (AvgIpc) is 2.53. The fourth-order valence-corrected chi connectivity index (χ4v) is 3.34. The van der Waals surface area contributed by atoms with Crippen LogP contribution in [0.15, 0.2) is 0 Å². The Labute approximate surface area is 122 Å². The lowest BCUT2D eigenvalue weighted by atomic mass is 10.00. The Balaban J connectivity index is 1.79. The molecular weight excluding hydrogens is 254 g/mol. The number of nitrogens with zero attached hydrogens (tertiary/aromatic N) is 2. The van der Waals surface area contributed by atoms with Gasteiger partial charge < -0.3 is 15.4 Å². The van der Waals surface area contributed by atoms with E-state index >= 15 is 0 Å². The van der Waals surface area contributed by atoms with Crippen LogP contribution in [0.5, 0.6) is 0 Å². The van der Waals surface area contributed by atoms with Gasteiger partial charge in [-0.3, -0.25) is 9.69 Å². The molecule has 0 aliphatic carbocycles. The van der Waals surface area contributed by atoms with Crippen molar-refractivity contribution in [2.75, 3.05) is 45.9 Å². The Morgan fingerprint density at radius 2 is 2.10 bits per heavy atom. The summed E-state index contributed by atoms with van der Waals surface area (Å²) in [7, 11) is 0. The third-order valence-electron chi connectivity index (χ3n) is 4.62. The van der Waals surface area contributed by atoms with E-state index in [4.69, 9.17) is 10.5 Å². The Morgan fingerprint density at radius 3 is 2.65 bits per heavy atom. The van der Waals surface area contributed by atoms with Gasteiger partial charge in [0.05, 0.1) is 12.5 Å². The fraction of sp³-hybridized carbons (Fsp3) is 0.933. The van der Waals surface area contributed by atoms with Crippen LogP contribution in [0.4, 0.5) is 0 Å². The lowest BCUT2D eigenvalue weighted by Crippen LogP contribution is -2.53. The van der Waals surface area contributed by atoms with Gasteiger partial charge in [0.15, 0.2) is 0 Å². The van der Waals surface area contributed by atoms with Gasteiger partial charge in [0.2, 0.25) is 5.91 Å². The first-order valence-corrected chi connectivity index (χ1v) is 8.07. The molecule has 116 valence electrons. The molecule has 2 heterocycles. The SMILES string of the molecule is CCC(CCN)N1CCN(C(=O)C2CCCOC2)CC1. The number of ether oxygens (including phenoxy) is 1. The molecule has 2 rings (SSSR count). The highest BCUT2D eigenvalue weighted by Crippen LogP contribution is 2.19. The number of rotatable bonds is 5. The van der Waals surface area contributed by atoms with Crippen LogP contribution in [0.3, 0.4) is 0 Å². The summed E-state index contributed by atoms with van der Waals surface area (Å²) in [4.78, 5) is 17.0. The maximum Gasteiger partial charge on any atom is 0.228 e. The molecule has 0 aromatic heterocycles. The van der Waals surface area contributed by atoms with Crippen molar-refractivity contribution in [1.82, 2.24) is 9.80 Å². The highest BCUT2D eigenvalue weighted by atomic mass is 16.5. The molecule has 0 bridgehead atoms. The van der Waals surface area contributed by atoms with Crippen molar-refractivity contribution in [2.24, 2.45) is 11.7 Å². The highest BCUT2D eigenvalue weighted by molar-refractivity contribution is 5.79. The zero-order valence-corrected chi connectivity index (χ0v) is 12.7. The summed E-state index contributed by atoms with van der Waals surface area (Å²) in [6.45, 7) is 8.08. The van der Waals surface area contributed by atoms with Gasteiger partial charge in [-0.05, 0) is 32.2 Å². The highest BCUT2D eigenvalue weighted by Gasteiger charge is 2.30. The van der Waals surface area contributed by atoms with E-state index in [1.807, 2.05) is 4.90 Å². The van der Waals surface area contributed by atoms with Gasteiger partial charge in [0, 0.05) is 38.8 Å². The van der Waals surface area contributed by atoms with E-state index in [9.17, 15) is 4.79 Å². The van der Waals surface area contributed by atoms with Crippen molar-refractivity contribution in [3.05, 3.63) is 0 Å². The first-order chi connectivity index (χ1) is 9.76. The van der Waals surface area contributed by atoms with Crippen molar-refractivity contribution in [3.63, 3.8) is 0 Å². The van der Waals surface area contributed by atoms with E-state index in [2.05, 4.69) is 11.8 Å². The van der Waals surface area contributed by atoms with E-state index in [-0.39, 0.29) is 5.92 Å². The molecule has 2 N–H and O–H groups in total. The smallest absolute Gasteiger partial charge is 0.228 e. The Hall–Kier alpha value is -0.650. The summed E-state index contributed by atoms with van der Waals surface area (Å²) in [5.41, 5.74) is 5.68.